The summed E-state index contributed by atoms with van der Waals surface area (Å²) in [6.45, 7) is 5.62. The number of ether oxygens (including phenoxy) is 2. The Morgan fingerprint density at radius 1 is 1.39 bits per heavy atom. The Balaban J connectivity index is 1.61. The largest absolute Gasteiger partial charge is 0.477 e. The van der Waals surface area contributed by atoms with Gasteiger partial charge < -0.3 is 19.3 Å². The Hall–Kier alpha value is -2.06. The van der Waals surface area contributed by atoms with Crippen LogP contribution in [0.1, 0.15) is 19.2 Å². The molecule has 0 saturated carbocycles. The van der Waals surface area contributed by atoms with E-state index in [1.54, 1.807) is 12.4 Å². The Kier molecular flexibility index (Phi) is 3.70. The Morgan fingerprint density at radius 3 is 3.17 bits per heavy atom. The molecule has 0 spiro atoms. The molecule has 2 atom stereocenters. The molecule has 0 unspecified atom stereocenters. The van der Waals surface area contributed by atoms with Crippen LogP contribution in [0.4, 0.5) is 0 Å². The molecule has 122 valence electrons. The van der Waals surface area contributed by atoms with Gasteiger partial charge in [0.2, 0.25) is 17.6 Å². The summed E-state index contributed by atoms with van der Waals surface area (Å²) in [4.78, 5) is 13.0. The Labute approximate surface area is 133 Å². The van der Waals surface area contributed by atoms with Crippen molar-refractivity contribution in [3.8, 4) is 17.4 Å². The lowest BCUT2D eigenvalue weighted by molar-refractivity contribution is 0.00198. The molecule has 0 aliphatic carbocycles. The number of hydrogen-bond acceptors (Lipinski definition) is 8. The molecule has 23 heavy (non-hydrogen) atoms. The molecule has 4 rings (SSSR count). The van der Waals surface area contributed by atoms with Gasteiger partial charge in [0.1, 0.15) is 5.69 Å². The summed E-state index contributed by atoms with van der Waals surface area (Å²) in [6, 6.07) is 0. The first-order valence-corrected chi connectivity index (χ1v) is 7.90. The Morgan fingerprint density at radius 2 is 2.35 bits per heavy atom. The molecule has 0 aromatic carbocycles. The molecule has 1 N–H and O–H groups in total. The maximum atomic E-state index is 5.69. The summed E-state index contributed by atoms with van der Waals surface area (Å²) in [7, 11) is 0. The predicted octanol–water partition coefficient (Wildman–Crippen LogP) is 0.803. The van der Waals surface area contributed by atoms with Crippen molar-refractivity contribution < 1.29 is 14.0 Å². The van der Waals surface area contributed by atoms with Gasteiger partial charge in [-0.3, -0.25) is 0 Å². The molecule has 0 bridgehead atoms. The fourth-order valence-electron chi connectivity index (χ4n) is 3.33. The first-order chi connectivity index (χ1) is 11.3. The monoisotopic (exact) mass is 317 g/mol. The standard InChI is InChI=1S/C15H19N5O3/c1-2-22-12-7-17-11(6-18-12)13-19-14(23-20-13)15-8-16-5-10(15)3-4-21-9-15/h6-7,10,16H,2-5,8-9H2,1H3/t10-,15+/m1/s1. The molecule has 2 fully saturated rings. The fourth-order valence-corrected chi connectivity index (χ4v) is 3.33. The second-order valence-corrected chi connectivity index (χ2v) is 5.92. The van der Waals surface area contributed by atoms with Gasteiger partial charge in [-0.1, -0.05) is 5.16 Å². The molecule has 8 nitrogen and oxygen atoms in total. The van der Waals surface area contributed by atoms with Crippen molar-refractivity contribution >= 4 is 0 Å². The average molecular weight is 317 g/mol. The van der Waals surface area contributed by atoms with E-state index in [2.05, 4.69) is 25.4 Å². The third kappa shape index (κ3) is 2.47. The number of aromatic nitrogens is 4. The highest BCUT2D eigenvalue weighted by Crippen LogP contribution is 2.40. The maximum Gasteiger partial charge on any atom is 0.237 e. The van der Waals surface area contributed by atoms with Crippen LogP contribution in [0.15, 0.2) is 16.9 Å². The molecule has 4 heterocycles. The van der Waals surface area contributed by atoms with Gasteiger partial charge in [0.25, 0.3) is 0 Å². The van der Waals surface area contributed by atoms with E-state index >= 15 is 0 Å². The highest BCUT2D eigenvalue weighted by Gasteiger charge is 2.50. The van der Waals surface area contributed by atoms with Crippen molar-refractivity contribution in [1.82, 2.24) is 25.4 Å². The van der Waals surface area contributed by atoms with Crippen molar-refractivity contribution in [3.63, 3.8) is 0 Å². The minimum Gasteiger partial charge on any atom is -0.477 e. The van der Waals surface area contributed by atoms with Crippen molar-refractivity contribution in [2.45, 2.75) is 18.8 Å². The number of fused-ring (bicyclic) bond motifs is 1. The second kappa shape index (κ2) is 5.86. The van der Waals surface area contributed by atoms with Crippen LogP contribution >= 0.6 is 0 Å². The van der Waals surface area contributed by atoms with Crippen molar-refractivity contribution in [3.05, 3.63) is 18.3 Å². The van der Waals surface area contributed by atoms with Crippen molar-refractivity contribution in [2.24, 2.45) is 5.92 Å². The number of nitrogens with zero attached hydrogens (tertiary/aromatic N) is 4. The van der Waals surface area contributed by atoms with E-state index in [0.717, 1.165) is 26.1 Å². The summed E-state index contributed by atoms with van der Waals surface area (Å²) in [5.74, 6) is 2.02. The SMILES string of the molecule is CCOc1cnc(-c2noc([C@]34CNC[C@H]3CCOC4)n2)cn1. The molecular weight excluding hydrogens is 298 g/mol. The van der Waals surface area contributed by atoms with E-state index in [1.165, 1.54) is 0 Å². The molecular formula is C15H19N5O3. The number of hydrogen-bond donors (Lipinski definition) is 1. The summed E-state index contributed by atoms with van der Waals surface area (Å²) in [6.07, 6.45) is 4.17. The fraction of sp³-hybridized carbons (Fsp3) is 0.600. The van der Waals surface area contributed by atoms with Crippen LogP contribution in [0.25, 0.3) is 11.5 Å². The molecule has 8 heteroatoms. The van der Waals surface area contributed by atoms with Gasteiger partial charge in [-0.25, -0.2) is 9.97 Å². The Bertz CT molecular complexity index is 674. The van der Waals surface area contributed by atoms with E-state index in [9.17, 15) is 0 Å². The highest BCUT2D eigenvalue weighted by molar-refractivity contribution is 5.46. The van der Waals surface area contributed by atoms with Crippen LogP contribution in [-0.2, 0) is 10.2 Å². The van der Waals surface area contributed by atoms with Gasteiger partial charge in [-0.15, -0.1) is 0 Å². The zero-order chi connectivity index (χ0) is 15.7. The molecule has 2 aliphatic rings. The molecule has 2 aliphatic heterocycles. The lowest BCUT2D eigenvalue weighted by atomic mass is 9.75. The predicted molar refractivity (Wildman–Crippen MR) is 80.0 cm³/mol. The van der Waals surface area contributed by atoms with E-state index in [1.807, 2.05) is 6.92 Å². The topological polar surface area (TPSA) is 95.2 Å². The second-order valence-electron chi connectivity index (χ2n) is 5.92. The van der Waals surface area contributed by atoms with Gasteiger partial charge in [-0.05, 0) is 25.8 Å². The lowest BCUT2D eigenvalue weighted by Gasteiger charge is -2.34. The van der Waals surface area contributed by atoms with Crippen LogP contribution in [-0.4, -0.2) is 53.0 Å². The van der Waals surface area contributed by atoms with Crippen molar-refractivity contribution in [1.29, 1.82) is 0 Å². The van der Waals surface area contributed by atoms with E-state index in [0.29, 0.717) is 42.4 Å². The first-order valence-electron chi connectivity index (χ1n) is 7.90. The minimum atomic E-state index is -0.220. The zero-order valence-electron chi connectivity index (χ0n) is 13.0. The van der Waals surface area contributed by atoms with Gasteiger partial charge in [0.15, 0.2) is 0 Å². The van der Waals surface area contributed by atoms with Crippen LogP contribution in [0, 0.1) is 5.92 Å². The molecule has 2 aromatic heterocycles. The quantitative estimate of drug-likeness (QED) is 0.885. The third-order valence-electron chi connectivity index (χ3n) is 4.58. The minimum absolute atomic E-state index is 0.220. The van der Waals surface area contributed by atoms with Gasteiger partial charge in [0.05, 0.1) is 31.0 Å². The average Bonchev–Trinajstić information content (AvgIpc) is 3.23. The highest BCUT2D eigenvalue weighted by atomic mass is 16.5. The maximum absolute atomic E-state index is 5.69. The van der Waals surface area contributed by atoms with Crippen LogP contribution in [0.3, 0.4) is 0 Å². The summed E-state index contributed by atoms with van der Waals surface area (Å²) < 4.78 is 16.5. The van der Waals surface area contributed by atoms with Gasteiger partial charge >= 0.3 is 0 Å². The summed E-state index contributed by atoms with van der Waals surface area (Å²) >= 11 is 0. The normalized spacial score (nSPS) is 26.9. The molecule has 2 aromatic rings. The van der Waals surface area contributed by atoms with Crippen molar-refractivity contribution in [2.75, 3.05) is 32.9 Å². The van der Waals surface area contributed by atoms with Crippen LogP contribution < -0.4 is 10.1 Å². The van der Waals surface area contributed by atoms with Gasteiger partial charge in [-0.2, -0.15) is 4.98 Å². The lowest BCUT2D eigenvalue weighted by Crippen LogP contribution is -2.44. The van der Waals surface area contributed by atoms with Crippen LogP contribution in [0.5, 0.6) is 5.88 Å². The number of rotatable bonds is 4. The third-order valence-corrected chi connectivity index (χ3v) is 4.58. The van der Waals surface area contributed by atoms with Crippen LogP contribution in [0.2, 0.25) is 0 Å². The van der Waals surface area contributed by atoms with E-state index < -0.39 is 0 Å². The van der Waals surface area contributed by atoms with E-state index in [4.69, 9.17) is 14.0 Å². The summed E-state index contributed by atoms with van der Waals surface area (Å²) in [5, 5.41) is 7.50. The first kappa shape index (κ1) is 14.5. The molecule has 0 radical (unpaired) electrons. The molecule has 0 amide bonds. The number of nitrogens with one attached hydrogen (secondary N) is 1. The molecule has 2 saturated heterocycles. The summed E-state index contributed by atoms with van der Waals surface area (Å²) in [5.41, 5.74) is 0.349. The zero-order valence-corrected chi connectivity index (χ0v) is 13.0. The van der Waals surface area contributed by atoms with Gasteiger partial charge in [0, 0.05) is 13.2 Å². The smallest absolute Gasteiger partial charge is 0.237 e. The van der Waals surface area contributed by atoms with E-state index in [-0.39, 0.29) is 5.41 Å².